The van der Waals surface area contributed by atoms with Crippen molar-refractivity contribution in [2.45, 2.75) is 58.7 Å². The van der Waals surface area contributed by atoms with Crippen molar-refractivity contribution >= 4 is 0 Å². The summed E-state index contributed by atoms with van der Waals surface area (Å²) in [6.45, 7) is 9.41. The van der Waals surface area contributed by atoms with Crippen LogP contribution < -0.4 is 5.73 Å². The van der Waals surface area contributed by atoms with Gasteiger partial charge < -0.3 is 10.5 Å². The number of hydrogen-bond donors (Lipinski definition) is 1. The molecule has 1 saturated carbocycles. The fourth-order valence-electron chi connectivity index (χ4n) is 2.47. The van der Waals surface area contributed by atoms with Gasteiger partial charge in [-0.05, 0) is 44.9 Å². The summed E-state index contributed by atoms with van der Waals surface area (Å²) in [4.78, 5) is 0. The monoisotopic (exact) mass is 199 g/mol. The summed E-state index contributed by atoms with van der Waals surface area (Å²) in [5.74, 6) is 1.61. The van der Waals surface area contributed by atoms with Gasteiger partial charge in [0.05, 0.1) is 11.7 Å². The zero-order chi connectivity index (χ0) is 10.8. The van der Waals surface area contributed by atoms with Gasteiger partial charge in [-0.25, -0.2) is 0 Å². The van der Waals surface area contributed by atoms with Gasteiger partial charge in [-0.2, -0.15) is 0 Å². The molecule has 1 aliphatic carbocycles. The lowest BCUT2D eigenvalue weighted by Gasteiger charge is -2.36. The van der Waals surface area contributed by atoms with Crippen LogP contribution in [0, 0.1) is 11.8 Å². The van der Waals surface area contributed by atoms with Gasteiger partial charge >= 0.3 is 0 Å². The van der Waals surface area contributed by atoms with Crippen molar-refractivity contribution in [1.82, 2.24) is 0 Å². The predicted molar refractivity (Wildman–Crippen MR) is 60.2 cm³/mol. The van der Waals surface area contributed by atoms with Crippen molar-refractivity contribution in [3.63, 3.8) is 0 Å². The molecule has 2 atom stereocenters. The zero-order valence-electron chi connectivity index (χ0n) is 10.0. The molecule has 0 heterocycles. The van der Waals surface area contributed by atoms with Gasteiger partial charge in [0.25, 0.3) is 0 Å². The van der Waals surface area contributed by atoms with E-state index in [1.165, 1.54) is 19.3 Å². The summed E-state index contributed by atoms with van der Waals surface area (Å²) in [6.07, 6.45) is 4.18. The highest BCUT2D eigenvalue weighted by Crippen LogP contribution is 2.32. The minimum atomic E-state index is -0.151. The van der Waals surface area contributed by atoms with E-state index in [-0.39, 0.29) is 5.60 Å². The van der Waals surface area contributed by atoms with Crippen LogP contribution in [0.1, 0.15) is 47.0 Å². The van der Waals surface area contributed by atoms with E-state index in [0.29, 0.717) is 12.6 Å². The Bertz CT molecular complexity index is 169. The molecule has 14 heavy (non-hydrogen) atoms. The first-order valence-electron chi connectivity index (χ1n) is 5.81. The molecule has 0 amide bonds. The standard InChI is InChI=1S/C12H25NO/c1-9-5-10(2)7-11(6-9)14-12(3,4)8-13/h9-11H,5-8,13H2,1-4H3. The first kappa shape index (κ1) is 12.0. The molecule has 1 rings (SSSR count). The van der Waals surface area contributed by atoms with Crippen LogP contribution in [-0.4, -0.2) is 18.2 Å². The molecule has 0 aromatic rings. The van der Waals surface area contributed by atoms with Crippen LogP contribution in [0.15, 0.2) is 0 Å². The van der Waals surface area contributed by atoms with Crippen LogP contribution in [0.25, 0.3) is 0 Å². The Hall–Kier alpha value is -0.0800. The van der Waals surface area contributed by atoms with Crippen LogP contribution in [0.5, 0.6) is 0 Å². The zero-order valence-corrected chi connectivity index (χ0v) is 10.0. The van der Waals surface area contributed by atoms with E-state index in [2.05, 4.69) is 27.7 Å². The molecule has 1 aliphatic rings. The Balaban J connectivity index is 2.44. The highest BCUT2D eigenvalue weighted by Gasteiger charge is 2.29. The smallest absolute Gasteiger partial charge is 0.0751 e. The average Bonchev–Trinajstić information content (AvgIpc) is 2.01. The molecule has 0 spiro atoms. The Kier molecular flexibility index (Phi) is 3.96. The van der Waals surface area contributed by atoms with E-state index in [9.17, 15) is 0 Å². The Morgan fingerprint density at radius 3 is 2.07 bits per heavy atom. The molecule has 2 heteroatoms. The quantitative estimate of drug-likeness (QED) is 0.758. The molecule has 0 aromatic carbocycles. The fraction of sp³-hybridized carbons (Fsp3) is 1.00. The topological polar surface area (TPSA) is 35.2 Å². The summed E-state index contributed by atoms with van der Waals surface area (Å²) in [5.41, 5.74) is 5.52. The third-order valence-electron chi connectivity index (χ3n) is 3.11. The lowest BCUT2D eigenvalue weighted by atomic mass is 9.81. The number of rotatable bonds is 3. The summed E-state index contributed by atoms with van der Waals surface area (Å²) >= 11 is 0. The third-order valence-corrected chi connectivity index (χ3v) is 3.11. The molecule has 0 saturated heterocycles. The van der Waals surface area contributed by atoms with Crippen molar-refractivity contribution in [3.8, 4) is 0 Å². The van der Waals surface area contributed by atoms with E-state index >= 15 is 0 Å². The van der Waals surface area contributed by atoms with Crippen molar-refractivity contribution in [1.29, 1.82) is 0 Å². The highest BCUT2D eigenvalue weighted by molar-refractivity contribution is 4.79. The molecular formula is C12H25NO. The second-order valence-corrected chi connectivity index (χ2v) is 5.62. The molecular weight excluding hydrogens is 174 g/mol. The minimum Gasteiger partial charge on any atom is -0.371 e. The molecule has 2 N–H and O–H groups in total. The fourth-order valence-corrected chi connectivity index (χ4v) is 2.47. The van der Waals surface area contributed by atoms with Gasteiger partial charge in [0.15, 0.2) is 0 Å². The van der Waals surface area contributed by atoms with Gasteiger partial charge in [-0.3, -0.25) is 0 Å². The van der Waals surface area contributed by atoms with E-state index in [1.807, 2.05) is 0 Å². The SMILES string of the molecule is CC1CC(C)CC(OC(C)(C)CN)C1. The normalized spacial score (nSPS) is 34.5. The Morgan fingerprint density at radius 1 is 1.14 bits per heavy atom. The Labute approximate surface area is 88.2 Å². The van der Waals surface area contributed by atoms with E-state index in [4.69, 9.17) is 10.5 Å². The van der Waals surface area contributed by atoms with Crippen molar-refractivity contribution < 1.29 is 4.74 Å². The van der Waals surface area contributed by atoms with Crippen molar-refractivity contribution in [3.05, 3.63) is 0 Å². The highest BCUT2D eigenvalue weighted by atomic mass is 16.5. The van der Waals surface area contributed by atoms with Crippen molar-refractivity contribution in [2.75, 3.05) is 6.54 Å². The molecule has 1 fully saturated rings. The molecule has 0 bridgehead atoms. The average molecular weight is 199 g/mol. The van der Waals surface area contributed by atoms with Crippen LogP contribution >= 0.6 is 0 Å². The van der Waals surface area contributed by atoms with E-state index < -0.39 is 0 Å². The number of hydrogen-bond acceptors (Lipinski definition) is 2. The van der Waals surface area contributed by atoms with Crippen LogP contribution in [0.3, 0.4) is 0 Å². The van der Waals surface area contributed by atoms with Gasteiger partial charge in [0.1, 0.15) is 0 Å². The lowest BCUT2D eigenvalue weighted by molar-refractivity contribution is -0.0926. The first-order chi connectivity index (χ1) is 6.43. The van der Waals surface area contributed by atoms with E-state index in [1.54, 1.807) is 0 Å². The maximum atomic E-state index is 6.04. The first-order valence-corrected chi connectivity index (χ1v) is 5.81. The second-order valence-electron chi connectivity index (χ2n) is 5.62. The summed E-state index contributed by atoms with van der Waals surface area (Å²) in [5, 5.41) is 0. The van der Waals surface area contributed by atoms with Crippen LogP contribution in [0.4, 0.5) is 0 Å². The molecule has 2 nitrogen and oxygen atoms in total. The van der Waals surface area contributed by atoms with Crippen LogP contribution in [-0.2, 0) is 4.74 Å². The Morgan fingerprint density at radius 2 is 1.64 bits per heavy atom. The van der Waals surface area contributed by atoms with Gasteiger partial charge in [-0.1, -0.05) is 13.8 Å². The molecule has 0 radical (unpaired) electrons. The summed E-state index contributed by atoms with van der Waals surface area (Å²) in [7, 11) is 0. The molecule has 0 aliphatic heterocycles. The second kappa shape index (κ2) is 4.63. The molecule has 0 aromatic heterocycles. The van der Waals surface area contributed by atoms with Gasteiger partial charge in [0, 0.05) is 6.54 Å². The minimum absolute atomic E-state index is 0.151. The number of nitrogens with two attached hydrogens (primary N) is 1. The number of ether oxygens (including phenoxy) is 1. The van der Waals surface area contributed by atoms with Crippen LogP contribution in [0.2, 0.25) is 0 Å². The predicted octanol–water partition coefficient (Wildman–Crippen LogP) is 2.57. The summed E-state index contributed by atoms with van der Waals surface area (Å²) in [6, 6.07) is 0. The van der Waals surface area contributed by atoms with Gasteiger partial charge in [0.2, 0.25) is 0 Å². The van der Waals surface area contributed by atoms with Gasteiger partial charge in [-0.15, -0.1) is 0 Å². The maximum absolute atomic E-state index is 6.04. The maximum Gasteiger partial charge on any atom is 0.0751 e. The third kappa shape index (κ3) is 3.58. The molecule has 2 unspecified atom stereocenters. The van der Waals surface area contributed by atoms with Crippen molar-refractivity contribution in [2.24, 2.45) is 17.6 Å². The molecule has 84 valence electrons. The summed E-state index contributed by atoms with van der Waals surface area (Å²) < 4.78 is 6.04. The largest absolute Gasteiger partial charge is 0.371 e. The van der Waals surface area contributed by atoms with E-state index in [0.717, 1.165) is 11.8 Å². The lowest BCUT2D eigenvalue weighted by Crippen LogP contribution is -2.40.